The van der Waals surface area contributed by atoms with E-state index in [-0.39, 0.29) is 6.10 Å². The lowest BCUT2D eigenvalue weighted by atomic mass is 10.2. The van der Waals surface area contributed by atoms with Gasteiger partial charge in [0.25, 0.3) is 0 Å². The van der Waals surface area contributed by atoms with E-state index in [9.17, 15) is 0 Å². The van der Waals surface area contributed by atoms with Gasteiger partial charge in [-0.2, -0.15) is 0 Å². The first-order valence-electron chi connectivity index (χ1n) is 5.67. The van der Waals surface area contributed by atoms with E-state index in [4.69, 9.17) is 16.3 Å². The lowest BCUT2D eigenvalue weighted by molar-refractivity contribution is 0.242. The van der Waals surface area contributed by atoms with Crippen LogP contribution in [0.3, 0.4) is 0 Å². The molecule has 90 valence electrons. The molecule has 1 aromatic rings. The number of benzene rings is 1. The molecular weight excluding hydrogens is 222 g/mol. The highest BCUT2D eigenvalue weighted by Gasteiger charge is 2.05. The summed E-state index contributed by atoms with van der Waals surface area (Å²) in [5.41, 5.74) is 1.18. The van der Waals surface area contributed by atoms with Crippen LogP contribution < -0.4 is 10.1 Å². The predicted octanol–water partition coefficient (Wildman–Crippen LogP) is 3.63. The highest BCUT2D eigenvalue weighted by Crippen LogP contribution is 2.26. The van der Waals surface area contributed by atoms with Crippen molar-refractivity contribution in [2.75, 3.05) is 0 Å². The van der Waals surface area contributed by atoms with E-state index >= 15 is 0 Å². The van der Waals surface area contributed by atoms with Gasteiger partial charge in [0, 0.05) is 12.6 Å². The Balaban J connectivity index is 2.67. The summed E-state index contributed by atoms with van der Waals surface area (Å²) in [6, 6.07) is 6.40. The zero-order valence-electron chi connectivity index (χ0n) is 10.4. The smallest absolute Gasteiger partial charge is 0.138 e. The van der Waals surface area contributed by atoms with Crippen molar-refractivity contribution < 1.29 is 4.74 Å². The summed E-state index contributed by atoms with van der Waals surface area (Å²) < 4.78 is 5.57. The third kappa shape index (κ3) is 4.42. The molecule has 0 spiro atoms. The number of hydrogen-bond donors (Lipinski definition) is 1. The molecule has 0 saturated carbocycles. The number of ether oxygens (including phenoxy) is 1. The molecule has 16 heavy (non-hydrogen) atoms. The average Bonchev–Trinajstić information content (AvgIpc) is 2.18. The Morgan fingerprint density at radius 1 is 1.25 bits per heavy atom. The molecule has 0 fully saturated rings. The topological polar surface area (TPSA) is 21.3 Å². The molecule has 0 atom stereocenters. The van der Waals surface area contributed by atoms with E-state index in [1.54, 1.807) is 0 Å². The van der Waals surface area contributed by atoms with Crippen LogP contribution in [0.1, 0.15) is 33.3 Å². The lowest BCUT2D eigenvalue weighted by Crippen LogP contribution is -2.21. The molecular formula is C13H20ClNO. The SMILES string of the molecule is CC(C)NCc1ccc(OC(C)C)c(Cl)c1. The first-order valence-corrected chi connectivity index (χ1v) is 6.05. The van der Waals surface area contributed by atoms with Gasteiger partial charge in [0.2, 0.25) is 0 Å². The van der Waals surface area contributed by atoms with Crippen LogP contribution in [0.2, 0.25) is 5.02 Å². The summed E-state index contributed by atoms with van der Waals surface area (Å²) in [5, 5.41) is 4.03. The minimum Gasteiger partial charge on any atom is -0.489 e. The molecule has 0 aromatic heterocycles. The zero-order valence-corrected chi connectivity index (χ0v) is 11.1. The maximum atomic E-state index is 6.14. The van der Waals surface area contributed by atoms with Crippen LogP contribution in [-0.2, 0) is 6.54 Å². The average molecular weight is 242 g/mol. The quantitative estimate of drug-likeness (QED) is 0.850. The van der Waals surface area contributed by atoms with Crippen molar-refractivity contribution in [3.8, 4) is 5.75 Å². The number of halogens is 1. The number of rotatable bonds is 5. The molecule has 0 heterocycles. The van der Waals surface area contributed by atoms with E-state index in [1.807, 2.05) is 32.0 Å². The fourth-order valence-electron chi connectivity index (χ4n) is 1.33. The molecule has 0 aliphatic heterocycles. The van der Waals surface area contributed by atoms with Crippen molar-refractivity contribution >= 4 is 11.6 Å². The first-order chi connectivity index (χ1) is 7.49. The van der Waals surface area contributed by atoms with Gasteiger partial charge < -0.3 is 10.1 Å². The maximum absolute atomic E-state index is 6.14. The van der Waals surface area contributed by atoms with Crippen LogP contribution >= 0.6 is 11.6 Å². The van der Waals surface area contributed by atoms with E-state index in [0.717, 1.165) is 12.3 Å². The van der Waals surface area contributed by atoms with Crippen LogP contribution in [0.4, 0.5) is 0 Å². The Hall–Kier alpha value is -0.730. The van der Waals surface area contributed by atoms with Gasteiger partial charge in [0.15, 0.2) is 0 Å². The van der Waals surface area contributed by atoms with Gasteiger partial charge in [-0.25, -0.2) is 0 Å². The van der Waals surface area contributed by atoms with E-state index < -0.39 is 0 Å². The molecule has 1 N–H and O–H groups in total. The third-order valence-corrected chi connectivity index (χ3v) is 2.37. The van der Waals surface area contributed by atoms with Gasteiger partial charge in [-0.15, -0.1) is 0 Å². The Bertz CT molecular complexity index is 337. The van der Waals surface area contributed by atoms with Gasteiger partial charge in [0.05, 0.1) is 11.1 Å². The molecule has 0 radical (unpaired) electrons. The fraction of sp³-hybridized carbons (Fsp3) is 0.538. The Labute approximate surface area is 103 Å². The second kappa shape index (κ2) is 6.12. The highest BCUT2D eigenvalue weighted by atomic mass is 35.5. The second-order valence-electron chi connectivity index (χ2n) is 4.47. The number of hydrogen-bond acceptors (Lipinski definition) is 2. The third-order valence-electron chi connectivity index (χ3n) is 2.07. The Morgan fingerprint density at radius 2 is 1.94 bits per heavy atom. The second-order valence-corrected chi connectivity index (χ2v) is 4.87. The predicted molar refractivity (Wildman–Crippen MR) is 69.2 cm³/mol. The summed E-state index contributed by atoms with van der Waals surface area (Å²) in [5.74, 6) is 0.755. The van der Waals surface area contributed by atoms with Crippen molar-refractivity contribution in [2.24, 2.45) is 0 Å². The monoisotopic (exact) mass is 241 g/mol. The zero-order chi connectivity index (χ0) is 12.1. The summed E-state index contributed by atoms with van der Waals surface area (Å²) in [7, 11) is 0. The van der Waals surface area contributed by atoms with Crippen LogP contribution in [0.25, 0.3) is 0 Å². The lowest BCUT2D eigenvalue weighted by Gasteiger charge is -2.13. The van der Waals surface area contributed by atoms with Gasteiger partial charge in [0.1, 0.15) is 5.75 Å². The molecule has 0 saturated heterocycles. The van der Waals surface area contributed by atoms with E-state index in [2.05, 4.69) is 19.2 Å². The van der Waals surface area contributed by atoms with Gasteiger partial charge in [-0.05, 0) is 31.5 Å². The van der Waals surface area contributed by atoms with Gasteiger partial charge in [-0.1, -0.05) is 31.5 Å². The maximum Gasteiger partial charge on any atom is 0.138 e. The largest absolute Gasteiger partial charge is 0.489 e. The normalized spacial score (nSPS) is 11.2. The van der Waals surface area contributed by atoms with Crippen LogP contribution in [0.5, 0.6) is 5.75 Å². The summed E-state index contributed by atoms with van der Waals surface area (Å²) >= 11 is 6.14. The van der Waals surface area contributed by atoms with Crippen LogP contribution in [-0.4, -0.2) is 12.1 Å². The molecule has 0 bridgehead atoms. The fourth-order valence-corrected chi connectivity index (χ4v) is 1.57. The molecule has 3 heteroatoms. The minimum atomic E-state index is 0.150. The summed E-state index contributed by atoms with van der Waals surface area (Å²) in [6.07, 6.45) is 0.150. The summed E-state index contributed by atoms with van der Waals surface area (Å²) in [6.45, 7) is 9.06. The van der Waals surface area contributed by atoms with Gasteiger partial charge in [-0.3, -0.25) is 0 Å². The Kier molecular flexibility index (Phi) is 5.10. The minimum absolute atomic E-state index is 0.150. The highest BCUT2D eigenvalue weighted by molar-refractivity contribution is 6.32. The first kappa shape index (κ1) is 13.3. The number of nitrogens with one attached hydrogen (secondary N) is 1. The van der Waals surface area contributed by atoms with Crippen molar-refractivity contribution in [3.05, 3.63) is 28.8 Å². The van der Waals surface area contributed by atoms with Crippen molar-refractivity contribution in [2.45, 2.75) is 46.4 Å². The molecule has 0 aliphatic carbocycles. The Morgan fingerprint density at radius 3 is 2.44 bits per heavy atom. The van der Waals surface area contributed by atoms with Crippen molar-refractivity contribution in [1.82, 2.24) is 5.32 Å². The van der Waals surface area contributed by atoms with Gasteiger partial charge >= 0.3 is 0 Å². The van der Waals surface area contributed by atoms with Crippen LogP contribution in [0.15, 0.2) is 18.2 Å². The molecule has 2 nitrogen and oxygen atoms in total. The summed E-state index contributed by atoms with van der Waals surface area (Å²) in [4.78, 5) is 0. The molecule has 0 amide bonds. The standard InChI is InChI=1S/C13H20ClNO/c1-9(2)15-8-11-5-6-13(12(14)7-11)16-10(3)4/h5-7,9-10,15H,8H2,1-4H3. The molecule has 1 aromatic carbocycles. The van der Waals surface area contributed by atoms with Crippen LogP contribution in [0, 0.1) is 0 Å². The molecule has 0 aliphatic rings. The van der Waals surface area contributed by atoms with E-state index in [0.29, 0.717) is 11.1 Å². The van der Waals surface area contributed by atoms with Crippen molar-refractivity contribution in [3.63, 3.8) is 0 Å². The molecule has 1 rings (SSSR count). The van der Waals surface area contributed by atoms with E-state index in [1.165, 1.54) is 5.56 Å². The molecule has 0 unspecified atom stereocenters. The van der Waals surface area contributed by atoms with Crippen molar-refractivity contribution in [1.29, 1.82) is 0 Å².